The lowest BCUT2D eigenvalue weighted by Crippen LogP contribution is -2.25. The molecule has 0 aliphatic heterocycles. The van der Waals surface area contributed by atoms with Crippen molar-refractivity contribution in [3.63, 3.8) is 0 Å². The number of hydrogen-bond acceptors (Lipinski definition) is 2. The average Bonchev–Trinajstić information content (AvgIpc) is 3.08. The van der Waals surface area contributed by atoms with Crippen molar-refractivity contribution in [2.75, 3.05) is 5.32 Å². The lowest BCUT2D eigenvalue weighted by Gasteiger charge is -2.14. The van der Waals surface area contributed by atoms with Crippen LogP contribution in [0.1, 0.15) is 26.2 Å². The third-order valence-electron chi connectivity index (χ3n) is 3.23. The van der Waals surface area contributed by atoms with E-state index in [0.717, 1.165) is 19.3 Å². The van der Waals surface area contributed by atoms with Gasteiger partial charge in [-0.1, -0.05) is 25.5 Å². The van der Waals surface area contributed by atoms with Crippen LogP contribution in [0.15, 0.2) is 29.3 Å². The zero-order chi connectivity index (χ0) is 15.5. The zero-order valence-electron chi connectivity index (χ0n) is 12.1. The Labute approximate surface area is 144 Å². The van der Waals surface area contributed by atoms with Gasteiger partial charge in [-0.3, -0.25) is 0 Å². The largest absolute Gasteiger partial charge is 0.573 e. The Morgan fingerprint density at radius 2 is 2.09 bits per heavy atom. The van der Waals surface area contributed by atoms with E-state index in [1.54, 1.807) is 6.07 Å². The fourth-order valence-corrected chi connectivity index (χ4v) is 2.20. The first kappa shape index (κ1) is 18.9. The maximum Gasteiger partial charge on any atom is 0.573 e. The van der Waals surface area contributed by atoms with Gasteiger partial charge in [-0.05, 0) is 30.9 Å². The molecule has 0 radical (unpaired) electrons. The first-order valence-corrected chi connectivity index (χ1v) is 6.84. The summed E-state index contributed by atoms with van der Waals surface area (Å²) in [6.07, 6.45) is -1.58. The normalized spacial score (nSPS) is 21.0. The van der Waals surface area contributed by atoms with Crippen molar-refractivity contribution in [2.24, 2.45) is 16.6 Å². The Morgan fingerprint density at radius 3 is 2.73 bits per heavy atom. The molecule has 0 heterocycles. The molecule has 1 aromatic carbocycles. The van der Waals surface area contributed by atoms with Crippen molar-refractivity contribution in [1.82, 2.24) is 0 Å². The van der Waals surface area contributed by atoms with Gasteiger partial charge in [-0.15, -0.1) is 37.1 Å². The lowest BCUT2D eigenvalue weighted by atomic mass is 10.2. The van der Waals surface area contributed by atoms with Gasteiger partial charge in [0, 0.05) is 0 Å². The van der Waals surface area contributed by atoms with Crippen LogP contribution in [-0.2, 0) is 0 Å². The van der Waals surface area contributed by atoms with Crippen LogP contribution < -0.4 is 15.8 Å². The molecule has 0 saturated heterocycles. The highest BCUT2D eigenvalue weighted by Crippen LogP contribution is 2.37. The lowest BCUT2D eigenvalue weighted by molar-refractivity contribution is -0.274. The van der Waals surface area contributed by atoms with E-state index in [1.165, 1.54) is 18.2 Å². The third-order valence-corrected chi connectivity index (χ3v) is 3.23. The third kappa shape index (κ3) is 5.90. The van der Waals surface area contributed by atoms with Crippen molar-refractivity contribution >= 4 is 35.6 Å². The Hall–Kier alpha value is -1.19. The van der Waals surface area contributed by atoms with E-state index < -0.39 is 6.36 Å². The van der Waals surface area contributed by atoms with Gasteiger partial charge < -0.3 is 15.8 Å². The molecule has 2 atom stereocenters. The number of benzene rings is 1. The van der Waals surface area contributed by atoms with Crippen LogP contribution in [0.3, 0.4) is 0 Å². The summed E-state index contributed by atoms with van der Waals surface area (Å²) in [5.74, 6) is 0.318. The van der Waals surface area contributed by atoms with Gasteiger partial charge in [0.2, 0.25) is 0 Å². The van der Waals surface area contributed by atoms with Crippen LogP contribution in [0.4, 0.5) is 18.9 Å². The Morgan fingerprint density at radius 1 is 1.41 bits per heavy atom. The van der Waals surface area contributed by atoms with Crippen molar-refractivity contribution in [2.45, 2.75) is 38.6 Å². The molecule has 8 heteroatoms. The van der Waals surface area contributed by atoms with Crippen LogP contribution in [0.5, 0.6) is 5.75 Å². The number of nitrogens with one attached hydrogen (secondary N) is 1. The molecule has 0 bridgehead atoms. The van der Waals surface area contributed by atoms with Gasteiger partial charge in [0.1, 0.15) is 0 Å². The van der Waals surface area contributed by atoms with E-state index in [0.29, 0.717) is 5.92 Å². The van der Waals surface area contributed by atoms with Gasteiger partial charge in [0.05, 0.1) is 11.7 Å². The van der Waals surface area contributed by atoms with E-state index in [-0.39, 0.29) is 47.4 Å². The summed E-state index contributed by atoms with van der Waals surface area (Å²) in [4.78, 5) is 4.27. The Bertz CT molecular complexity index is 522. The van der Waals surface area contributed by atoms with Crippen molar-refractivity contribution in [3.05, 3.63) is 24.3 Å². The molecule has 3 N–H and O–H groups in total. The van der Waals surface area contributed by atoms with E-state index in [4.69, 9.17) is 5.73 Å². The number of aliphatic imine (C=N–C) groups is 1. The highest BCUT2D eigenvalue weighted by molar-refractivity contribution is 14.0. The first-order valence-electron chi connectivity index (χ1n) is 6.84. The molecule has 124 valence electrons. The number of para-hydroxylation sites is 2. The second-order valence-corrected chi connectivity index (χ2v) is 5.04. The maximum absolute atomic E-state index is 12.3. The second kappa shape index (κ2) is 7.89. The molecular formula is C14H19F3IN3O. The van der Waals surface area contributed by atoms with Gasteiger partial charge in [0.15, 0.2) is 11.7 Å². The number of ether oxygens (including phenoxy) is 1. The molecular weight excluding hydrogens is 410 g/mol. The number of nitrogens with zero attached hydrogens (tertiary/aromatic N) is 1. The number of rotatable bonds is 5. The molecule has 0 amide bonds. The van der Waals surface area contributed by atoms with E-state index in [9.17, 15) is 13.2 Å². The van der Waals surface area contributed by atoms with Crippen molar-refractivity contribution in [3.8, 4) is 5.75 Å². The monoisotopic (exact) mass is 429 g/mol. The molecule has 1 aromatic rings. The van der Waals surface area contributed by atoms with E-state index >= 15 is 0 Å². The topological polar surface area (TPSA) is 59.6 Å². The molecule has 1 aliphatic rings. The van der Waals surface area contributed by atoms with Gasteiger partial charge >= 0.3 is 6.36 Å². The molecule has 0 spiro atoms. The number of nitrogens with two attached hydrogens (primary N) is 1. The summed E-state index contributed by atoms with van der Waals surface area (Å²) < 4.78 is 40.9. The molecule has 4 nitrogen and oxygen atoms in total. The van der Waals surface area contributed by atoms with Gasteiger partial charge in [-0.2, -0.15) is 0 Å². The van der Waals surface area contributed by atoms with Gasteiger partial charge in [0.25, 0.3) is 0 Å². The van der Waals surface area contributed by atoms with Crippen LogP contribution >= 0.6 is 24.0 Å². The maximum atomic E-state index is 12.3. The minimum atomic E-state index is -4.74. The van der Waals surface area contributed by atoms with Gasteiger partial charge in [-0.25, -0.2) is 4.99 Å². The Balaban J connectivity index is 0.00000242. The van der Waals surface area contributed by atoms with Crippen molar-refractivity contribution in [1.29, 1.82) is 0 Å². The molecule has 1 fully saturated rings. The molecule has 22 heavy (non-hydrogen) atoms. The number of alkyl halides is 3. The highest BCUT2D eigenvalue weighted by Gasteiger charge is 2.36. The number of guanidine groups is 1. The number of halogens is 4. The summed E-state index contributed by atoms with van der Waals surface area (Å²) in [6, 6.07) is 5.90. The fourth-order valence-electron chi connectivity index (χ4n) is 2.20. The van der Waals surface area contributed by atoms with Crippen molar-refractivity contribution < 1.29 is 17.9 Å². The highest BCUT2D eigenvalue weighted by atomic mass is 127. The van der Waals surface area contributed by atoms with Crippen LogP contribution in [-0.4, -0.2) is 18.4 Å². The first-order chi connectivity index (χ1) is 9.89. The molecule has 1 saturated carbocycles. The summed E-state index contributed by atoms with van der Waals surface area (Å²) in [5.41, 5.74) is 5.88. The minimum absolute atomic E-state index is 0. The standard InChI is InChI=1S/C14H18F3N3O.HI/c1-2-5-9-8-11(9)20-13(18)19-10-6-3-4-7-12(10)21-14(15,16)17;/h3-4,6-7,9,11H,2,5,8H2,1H3,(H3,18,19,20);1H. The second-order valence-electron chi connectivity index (χ2n) is 5.04. The van der Waals surface area contributed by atoms with E-state index in [1.807, 2.05) is 0 Å². The Kier molecular flexibility index (Phi) is 6.76. The molecule has 2 unspecified atom stereocenters. The van der Waals surface area contributed by atoms with Crippen LogP contribution in [0.25, 0.3) is 0 Å². The fraction of sp³-hybridized carbons (Fsp3) is 0.500. The average molecular weight is 429 g/mol. The molecule has 0 aromatic heterocycles. The molecule has 1 aliphatic carbocycles. The number of anilines is 1. The predicted octanol–water partition coefficient (Wildman–Crippen LogP) is 4.12. The smallest absolute Gasteiger partial charge is 0.404 e. The quantitative estimate of drug-likeness (QED) is 0.421. The minimum Gasteiger partial charge on any atom is -0.404 e. The zero-order valence-corrected chi connectivity index (χ0v) is 14.4. The summed E-state index contributed by atoms with van der Waals surface area (Å²) >= 11 is 0. The SMILES string of the molecule is CCCC1CC1N=C(N)Nc1ccccc1OC(F)(F)F.I. The molecule has 2 rings (SSSR count). The predicted molar refractivity (Wildman–Crippen MR) is 90.6 cm³/mol. The summed E-state index contributed by atoms with van der Waals surface area (Å²) in [7, 11) is 0. The van der Waals surface area contributed by atoms with Crippen LogP contribution in [0, 0.1) is 5.92 Å². The number of hydrogen-bond donors (Lipinski definition) is 2. The van der Waals surface area contributed by atoms with E-state index in [2.05, 4.69) is 22.0 Å². The summed E-state index contributed by atoms with van der Waals surface area (Å²) in [5, 5.41) is 2.67. The van der Waals surface area contributed by atoms with Crippen LogP contribution in [0.2, 0.25) is 0 Å². The summed E-state index contributed by atoms with van der Waals surface area (Å²) in [6.45, 7) is 2.10.